The van der Waals surface area contributed by atoms with Gasteiger partial charge in [0, 0.05) is 18.2 Å². The standard InChI is InChI=1S/C28H31ClFN3O4S/c1-19(2)31-28(35)21(4)32(17-22-9-5-7-11-25(22)30)27(34)18-33(26-12-8-6-10-24(26)29)38(36,37)23-15-13-20(3)14-16-23/h5-16,19,21H,17-18H2,1-4H3,(H,31,35). The number of anilines is 1. The van der Waals surface area contributed by atoms with Crippen molar-refractivity contribution in [3.05, 3.63) is 94.8 Å². The first-order valence-electron chi connectivity index (χ1n) is 12.1. The Morgan fingerprint density at radius 1 is 0.947 bits per heavy atom. The summed E-state index contributed by atoms with van der Waals surface area (Å²) >= 11 is 6.38. The van der Waals surface area contributed by atoms with Crippen LogP contribution in [0.2, 0.25) is 5.02 Å². The molecule has 202 valence electrons. The van der Waals surface area contributed by atoms with Gasteiger partial charge in [0.25, 0.3) is 10.0 Å². The van der Waals surface area contributed by atoms with Gasteiger partial charge in [-0.3, -0.25) is 13.9 Å². The molecule has 10 heteroatoms. The van der Waals surface area contributed by atoms with Gasteiger partial charge < -0.3 is 10.2 Å². The Bertz CT molecular complexity index is 1400. The number of carbonyl (C=O) groups excluding carboxylic acids is 2. The van der Waals surface area contributed by atoms with Gasteiger partial charge in [0.1, 0.15) is 18.4 Å². The second-order valence-corrected chi connectivity index (χ2v) is 11.5. The molecule has 1 N–H and O–H groups in total. The summed E-state index contributed by atoms with van der Waals surface area (Å²) < 4.78 is 43.0. The number of carbonyl (C=O) groups is 2. The van der Waals surface area contributed by atoms with E-state index in [0.717, 1.165) is 9.87 Å². The van der Waals surface area contributed by atoms with Crippen LogP contribution in [0.1, 0.15) is 31.9 Å². The average molecular weight is 560 g/mol. The van der Waals surface area contributed by atoms with E-state index in [2.05, 4.69) is 5.32 Å². The third-order valence-corrected chi connectivity index (χ3v) is 8.00. The van der Waals surface area contributed by atoms with Gasteiger partial charge in [0.05, 0.1) is 15.6 Å². The lowest BCUT2D eigenvalue weighted by Crippen LogP contribution is -2.52. The largest absolute Gasteiger partial charge is 0.352 e. The maximum absolute atomic E-state index is 14.5. The number of aryl methyl sites for hydroxylation is 1. The molecule has 1 atom stereocenters. The van der Waals surface area contributed by atoms with Crippen LogP contribution in [0.25, 0.3) is 0 Å². The van der Waals surface area contributed by atoms with Crippen LogP contribution in [0.5, 0.6) is 0 Å². The lowest BCUT2D eigenvalue weighted by atomic mass is 10.1. The Kier molecular flexibility index (Phi) is 9.51. The SMILES string of the molecule is Cc1ccc(S(=O)(=O)N(CC(=O)N(Cc2ccccc2F)C(C)C(=O)NC(C)C)c2ccccc2Cl)cc1. The third kappa shape index (κ3) is 6.90. The van der Waals surface area contributed by atoms with Crippen molar-refractivity contribution in [1.29, 1.82) is 0 Å². The summed E-state index contributed by atoms with van der Waals surface area (Å²) in [6, 6.07) is 17.2. The molecule has 3 aromatic rings. The predicted octanol–water partition coefficient (Wildman–Crippen LogP) is 4.92. The van der Waals surface area contributed by atoms with E-state index in [4.69, 9.17) is 11.6 Å². The maximum Gasteiger partial charge on any atom is 0.264 e. The molecule has 0 saturated carbocycles. The molecule has 0 radical (unpaired) electrons. The molecule has 0 aliphatic rings. The van der Waals surface area contributed by atoms with Crippen molar-refractivity contribution >= 4 is 39.1 Å². The highest BCUT2D eigenvalue weighted by Gasteiger charge is 2.33. The average Bonchev–Trinajstić information content (AvgIpc) is 2.86. The van der Waals surface area contributed by atoms with Gasteiger partial charge in [-0.05, 0) is 58.0 Å². The first-order chi connectivity index (χ1) is 17.9. The molecule has 3 aromatic carbocycles. The minimum atomic E-state index is -4.24. The number of amides is 2. The molecule has 1 unspecified atom stereocenters. The van der Waals surface area contributed by atoms with E-state index in [1.165, 1.54) is 54.3 Å². The van der Waals surface area contributed by atoms with Crippen LogP contribution in [0.3, 0.4) is 0 Å². The van der Waals surface area contributed by atoms with E-state index in [-0.39, 0.29) is 33.8 Å². The molecule has 7 nitrogen and oxygen atoms in total. The van der Waals surface area contributed by atoms with Crippen LogP contribution in [-0.4, -0.2) is 43.8 Å². The van der Waals surface area contributed by atoms with Gasteiger partial charge >= 0.3 is 0 Å². The monoisotopic (exact) mass is 559 g/mol. The minimum Gasteiger partial charge on any atom is -0.352 e. The number of benzene rings is 3. The quantitative estimate of drug-likeness (QED) is 0.382. The highest BCUT2D eigenvalue weighted by atomic mass is 35.5. The number of sulfonamides is 1. The third-order valence-electron chi connectivity index (χ3n) is 5.91. The molecule has 0 heterocycles. The van der Waals surface area contributed by atoms with Crippen molar-refractivity contribution in [1.82, 2.24) is 10.2 Å². The zero-order valence-corrected chi connectivity index (χ0v) is 23.3. The smallest absolute Gasteiger partial charge is 0.264 e. The van der Waals surface area contributed by atoms with Crippen LogP contribution >= 0.6 is 11.6 Å². The van der Waals surface area contributed by atoms with E-state index in [1.54, 1.807) is 44.2 Å². The second kappa shape index (κ2) is 12.4. The van der Waals surface area contributed by atoms with E-state index in [0.29, 0.717) is 0 Å². The van der Waals surface area contributed by atoms with Gasteiger partial charge in [-0.15, -0.1) is 0 Å². The van der Waals surface area contributed by atoms with Crippen molar-refractivity contribution in [2.75, 3.05) is 10.8 Å². The number of hydrogen-bond donors (Lipinski definition) is 1. The summed E-state index contributed by atoms with van der Waals surface area (Å²) in [6.45, 7) is 6.01. The van der Waals surface area contributed by atoms with Crippen molar-refractivity contribution in [2.24, 2.45) is 0 Å². The van der Waals surface area contributed by atoms with Crippen LogP contribution in [0.15, 0.2) is 77.7 Å². The molecule has 0 fully saturated rings. The number of hydrogen-bond acceptors (Lipinski definition) is 4. The molecular weight excluding hydrogens is 529 g/mol. The predicted molar refractivity (Wildman–Crippen MR) is 147 cm³/mol. The Balaban J connectivity index is 2.06. The van der Waals surface area contributed by atoms with Crippen molar-refractivity contribution < 1.29 is 22.4 Å². The number of nitrogens with zero attached hydrogens (tertiary/aromatic N) is 2. The van der Waals surface area contributed by atoms with Crippen molar-refractivity contribution in [3.8, 4) is 0 Å². The number of nitrogens with one attached hydrogen (secondary N) is 1. The lowest BCUT2D eigenvalue weighted by molar-refractivity contribution is -0.139. The minimum absolute atomic E-state index is 0.0259. The number of halogens is 2. The van der Waals surface area contributed by atoms with Crippen molar-refractivity contribution in [2.45, 2.75) is 51.2 Å². The van der Waals surface area contributed by atoms with Gasteiger partial charge in [-0.25, -0.2) is 12.8 Å². The molecule has 0 aromatic heterocycles. The number of rotatable bonds is 10. The van der Waals surface area contributed by atoms with E-state index >= 15 is 0 Å². The first kappa shape index (κ1) is 29.1. The summed E-state index contributed by atoms with van der Waals surface area (Å²) in [5.41, 5.74) is 1.16. The molecule has 0 saturated heterocycles. The first-order valence-corrected chi connectivity index (χ1v) is 13.9. The fourth-order valence-electron chi connectivity index (χ4n) is 3.80. The normalized spacial score (nSPS) is 12.2. The Morgan fingerprint density at radius 3 is 2.16 bits per heavy atom. The summed E-state index contributed by atoms with van der Waals surface area (Å²) in [5.74, 6) is -1.69. The van der Waals surface area contributed by atoms with Crippen molar-refractivity contribution in [3.63, 3.8) is 0 Å². The molecule has 0 bridgehead atoms. The maximum atomic E-state index is 14.5. The summed E-state index contributed by atoms with van der Waals surface area (Å²) in [4.78, 5) is 27.8. The second-order valence-electron chi connectivity index (χ2n) is 9.23. The van der Waals surface area contributed by atoms with Gasteiger partial charge in [-0.1, -0.05) is 59.6 Å². The van der Waals surface area contributed by atoms with Gasteiger partial charge in [0.15, 0.2) is 0 Å². The van der Waals surface area contributed by atoms with Crippen LogP contribution in [-0.2, 0) is 26.2 Å². The number of para-hydroxylation sites is 1. The molecule has 0 aliphatic carbocycles. The van der Waals surface area contributed by atoms with Crippen LogP contribution in [0, 0.1) is 12.7 Å². The van der Waals surface area contributed by atoms with E-state index in [1.807, 2.05) is 6.92 Å². The molecule has 0 aliphatic heterocycles. The summed E-state index contributed by atoms with van der Waals surface area (Å²) in [7, 11) is -4.24. The Morgan fingerprint density at radius 2 is 1.55 bits per heavy atom. The summed E-state index contributed by atoms with van der Waals surface area (Å²) in [6.07, 6.45) is 0. The molecule has 0 spiro atoms. The highest BCUT2D eigenvalue weighted by Crippen LogP contribution is 2.31. The van der Waals surface area contributed by atoms with Gasteiger partial charge in [-0.2, -0.15) is 0 Å². The fraction of sp³-hybridized carbons (Fsp3) is 0.286. The highest BCUT2D eigenvalue weighted by molar-refractivity contribution is 7.92. The van der Waals surface area contributed by atoms with Crippen LogP contribution < -0.4 is 9.62 Å². The molecular formula is C28H31ClFN3O4S. The molecule has 38 heavy (non-hydrogen) atoms. The van der Waals surface area contributed by atoms with E-state index < -0.39 is 40.2 Å². The lowest BCUT2D eigenvalue weighted by Gasteiger charge is -2.32. The van der Waals surface area contributed by atoms with Gasteiger partial charge in [0.2, 0.25) is 11.8 Å². The zero-order chi connectivity index (χ0) is 28.0. The van der Waals surface area contributed by atoms with E-state index in [9.17, 15) is 22.4 Å². The Labute approximate surface area is 228 Å². The topological polar surface area (TPSA) is 86.8 Å². The summed E-state index contributed by atoms with van der Waals surface area (Å²) in [5, 5.41) is 2.88. The van der Waals surface area contributed by atoms with Crippen LogP contribution in [0.4, 0.5) is 10.1 Å². The molecule has 2 amide bonds. The molecule has 3 rings (SSSR count). The zero-order valence-electron chi connectivity index (χ0n) is 21.7. The Hall–Kier alpha value is -3.43. The fourth-order valence-corrected chi connectivity index (χ4v) is 5.52.